The number of ether oxygens (including phenoxy) is 1. The molecule has 2 amide bonds. The zero-order chi connectivity index (χ0) is 16.2. The van der Waals surface area contributed by atoms with E-state index in [2.05, 4.69) is 5.32 Å². The van der Waals surface area contributed by atoms with Crippen LogP contribution in [-0.2, 0) is 19.1 Å². The maximum atomic E-state index is 12.4. The van der Waals surface area contributed by atoms with Gasteiger partial charge in [0.25, 0.3) is 0 Å². The molecule has 0 aromatic heterocycles. The summed E-state index contributed by atoms with van der Waals surface area (Å²) in [4.78, 5) is 36.6. The second-order valence-electron chi connectivity index (χ2n) is 5.77. The molecule has 0 spiro atoms. The van der Waals surface area contributed by atoms with Crippen LogP contribution in [0.2, 0.25) is 0 Å². The number of hydrogen-bond acceptors (Lipinski definition) is 5. The van der Waals surface area contributed by atoms with Crippen molar-refractivity contribution >= 4 is 30.0 Å². The number of rotatable bonds is 6. The minimum absolute atomic E-state index is 0.0836. The first kappa shape index (κ1) is 17.8. The van der Waals surface area contributed by atoms with Gasteiger partial charge in [-0.2, -0.15) is 0 Å². The molecule has 1 fully saturated rings. The van der Waals surface area contributed by atoms with Crippen LogP contribution in [0.4, 0.5) is 0 Å². The van der Waals surface area contributed by atoms with Crippen molar-refractivity contribution in [3.05, 3.63) is 0 Å². The van der Waals surface area contributed by atoms with E-state index in [9.17, 15) is 14.4 Å². The van der Waals surface area contributed by atoms with Gasteiger partial charge in [-0.1, -0.05) is 13.8 Å². The molecule has 1 aliphatic rings. The van der Waals surface area contributed by atoms with Gasteiger partial charge in [0.2, 0.25) is 12.3 Å². The lowest BCUT2D eigenvalue weighted by Gasteiger charge is -2.31. The fraction of sp³-hybridized carbons (Fsp3) is 0.786. The molecule has 2 atom stereocenters. The van der Waals surface area contributed by atoms with Gasteiger partial charge in [0.1, 0.15) is 12.1 Å². The fourth-order valence-corrected chi connectivity index (χ4v) is 3.39. The van der Waals surface area contributed by atoms with Crippen LogP contribution in [0.3, 0.4) is 0 Å². The number of hydrogen-bond donors (Lipinski definition) is 1. The molecule has 21 heavy (non-hydrogen) atoms. The molecular formula is C14H24N2O4S. The van der Waals surface area contributed by atoms with Crippen LogP contribution in [0.1, 0.15) is 34.6 Å². The Morgan fingerprint density at radius 3 is 2.57 bits per heavy atom. The average molecular weight is 316 g/mol. The molecule has 0 aromatic rings. The standard InChI is InChI=1S/C14H24N2O4S/c1-6-20-13(19)11(9(2)3)15-12(18)10-7-21-14(4,5)16(10)8-17/h8-11H,6-7H2,1-5H3,(H,15,18)/t10-,11-/m0/s1. The SMILES string of the molecule is CCOC(=O)[C@@H](NC(=O)[C@@H]1CSC(C)(C)N1C=O)C(C)C. The van der Waals surface area contributed by atoms with Crippen molar-refractivity contribution in [2.24, 2.45) is 5.92 Å². The van der Waals surface area contributed by atoms with E-state index in [1.54, 1.807) is 18.7 Å². The third-order valence-corrected chi connectivity index (χ3v) is 4.87. The number of carbonyl (C=O) groups is 3. The van der Waals surface area contributed by atoms with Crippen molar-refractivity contribution in [2.75, 3.05) is 12.4 Å². The van der Waals surface area contributed by atoms with Gasteiger partial charge in [0, 0.05) is 5.75 Å². The van der Waals surface area contributed by atoms with Crippen molar-refractivity contribution in [3.8, 4) is 0 Å². The Balaban J connectivity index is 2.79. The Kier molecular flexibility index (Phi) is 6.07. The maximum absolute atomic E-state index is 12.4. The van der Waals surface area contributed by atoms with Crippen molar-refractivity contribution in [1.29, 1.82) is 0 Å². The molecule has 1 aliphatic heterocycles. The maximum Gasteiger partial charge on any atom is 0.328 e. The summed E-state index contributed by atoms with van der Waals surface area (Å²) in [5.41, 5.74) is 0. The summed E-state index contributed by atoms with van der Waals surface area (Å²) >= 11 is 1.54. The van der Waals surface area contributed by atoms with Gasteiger partial charge in [0.15, 0.2) is 0 Å². The van der Waals surface area contributed by atoms with Gasteiger partial charge in [-0.25, -0.2) is 4.79 Å². The minimum Gasteiger partial charge on any atom is -0.464 e. The lowest BCUT2D eigenvalue weighted by molar-refractivity contribution is -0.149. The summed E-state index contributed by atoms with van der Waals surface area (Å²) in [5.74, 6) is -0.319. The first-order valence-corrected chi connectivity index (χ1v) is 8.07. The molecule has 0 saturated carbocycles. The molecule has 1 rings (SSSR count). The topological polar surface area (TPSA) is 75.7 Å². The Morgan fingerprint density at radius 1 is 1.48 bits per heavy atom. The van der Waals surface area contributed by atoms with Crippen LogP contribution >= 0.6 is 11.8 Å². The van der Waals surface area contributed by atoms with Crippen molar-refractivity contribution < 1.29 is 19.1 Å². The van der Waals surface area contributed by atoms with E-state index in [0.717, 1.165) is 0 Å². The highest BCUT2D eigenvalue weighted by Gasteiger charge is 2.43. The molecule has 0 radical (unpaired) electrons. The third kappa shape index (κ3) is 4.12. The molecule has 0 bridgehead atoms. The molecule has 1 N–H and O–H groups in total. The number of nitrogens with one attached hydrogen (secondary N) is 1. The Labute approximate surface area is 130 Å². The monoisotopic (exact) mass is 316 g/mol. The Hall–Kier alpha value is -1.24. The summed E-state index contributed by atoms with van der Waals surface area (Å²) in [6.45, 7) is 9.46. The zero-order valence-electron chi connectivity index (χ0n) is 13.2. The minimum atomic E-state index is -0.695. The van der Waals surface area contributed by atoms with E-state index < -0.39 is 22.9 Å². The van der Waals surface area contributed by atoms with Gasteiger partial charge < -0.3 is 15.0 Å². The van der Waals surface area contributed by atoms with Crippen LogP contribution in [0.5, 0.6) is 0 Å². The normalized spacial score (nSPS) is 22.0. The second-order valence-corrected chi connectivity index (χ2v) is 7.39. The van der Waals surface area contributed by atoms with Gasteiger partial charge >= 0.3 is 5.97 Å². The quantitative estimate of drug-likeness (QED) is 0.584. The lowest BCUT2D eigenvalue weighted by Crippen LogP contribution is -2.54. The van der Waals surface area contributed by atoms with Crippen molar-refractivity contribution in [3.63, 3.8) is 0 Å². The van der Waals surface area contributed by atoms with E-state index in [0.29, 0.717) is 12.2 Å². The van der Waals surface area contributed by atoms with Crippen LogP contribution in [-0.4, -0.2) is 52.5 Å². The molecule has 120 valence electrons. The highest BCUT2D eigenvalue weighted by atomic mass is 32.2. The van der Waals surface area contributed by atoms with Crippen LogP contribution in [0.15, 0.2) is 0 Å². The number of amides is 2. The number of carbonyl (C=O) groups excluding carboxylic acids is 3. The molecule has 1 heterocycles. The lowest BCUT2D eigenvalue weighted by atomic mass is 10.0. The Bertz CT molecular complexity index is 412. The summed E-state index contributed by atoms with van der Waals surface area (Å²) < 4.78 is 4.98. The molecule has 7 heteroatoms. The van der Waals surface area contributed by atoms with E-state index >= 15 is 0 Å². The molecular weight excluding hydrogens is 292 g/mol. The third-order valence-electron chi connectivity index (χ3n) is 3.47. The van der Waals surface area contributed by atoms with E-state index in [4.69, 9.17) is 4.74 Å². The highest BCUT2D eigenvalue weighted by molar-refractivity contribution is 8.00. The molecule has 0 aromatic carbocycles. The predicted octanol–water partition coefficient (Wildman–Crippen LogP) is 1.00. The predicted molar refractivity (Wildman–Crippen MR) is 81.6 cm³/mol. The first-order valence-electron chi connectivity index (χ1n) is 7.09. The van der Waals surface area contributed by atoms with Crippen molar-refractivity contribution in [1.82, 2.24) is 10.2 Å². The van der Waals surface area contributed by atoms with Gasteiger partial charge in [-0.3, -0.25) is 9.59 Å². The summed E-state index contributed by atoms with van der Waals surface area (Å²) in [7, 11) is 0. The van der Waals surface area contributed by atoms with E-state index in [1.165, 1.54) is 4.90 Å². The van der Waals surface area contributed by atoms with Gasteiger partial charge in [0.05, 0.1) is 11.5 Å². The zero-order valence-corrected chi connectivity index (χ0v) is 14.0. The number of nitrogens with zero attached hydrogens (tertiary/aromatic N) is 1. The highest BCUT2D eigenvalue weighted by Crippen LogP contribution is 2.37. The van der Waals surface area contributed by atoms with Crippen LogP contribution in [0.25, 0.3) is 0 Å². The summed E-state index contributed by atoms with van der Waals surface area (Å²) in [6.07, 6.45) is 0.693. The van der Waals surface area contributed by atoms with Crippen molar-refractivity contribution in [2.45, 2.75) is 51.6 Å². The second kappa shape index (κ2) is 7.15. The Morgan fingerprint density at radius 2 is 2.10 bits per heavy atom. The van der Waals surface area contributed by atoms with Crippen LogP contribution in [0, 0.1) is 5.92 Å². The fourth-order valence-electron chi connectivity index (χ4n) is 2.19. The summed E-state index contributed by atoms with van der Waals surface area (Å²) in [6, 6.07) is -1.25. The largest absolute Gasteiger partial charge is 0.464 e. The number of thioether (sulfide) groups is 1. The van der Waals surface area contributed by atoms with E-state index in [1.807, 2.05) is 27.7 Å². The van der Waals surface area contributed by atoms with Crippen LogP contribution < -0.4 is 5.32 Å². The molecule has 6 nitrogen and oxygen atoms in total. The molecule has 0 unspecified atom stereocenters. The first-order chi connectivity index (χ1) is 9.74. The molecule has 1 saturated heterocycles. The average Bonchev–Trinajstić information content (AvgIpc) is 2.70. The smallest absolute Gasteiger partial charge is 0.328 e. The number of esters is 1. The van der Waals surface area contributed by atoms with Gasteiger partial charge in [-0.05, 0) is 26.7 Å². The molecule has 0 aliphatic carbocycles. The van der Waals surface area contributed by atoms with E-state index in [-0.39, 0.29) is 18.4 Å². The van der Waals surface area contributed by atoms with Gasteiger partial charge in [-0.15, -0.1) is 11.8 Å². The summed E-state index contributed by atoms with van der Waals surface area (Å²) in [5, 5.41) is 2.72.